The van der Waals surface area contributed by atoms with Gasteiger partial charge >= 0.3 is 5.97 Å². The van der Waals surface area contributed by atoms with Gasteiger partial charge in [-0.1, -0.05) is 18.0 Å². The molecule has 1 aliphatic rings. The number of hydrogen-bond acceptors (Lipinski definition) is 3. The molecule has 19 heavy (non-hydrogen) atoms. The van der Waals surface area contributed by atoms with Crippen LogP contribution in [0.3, 0.4) is 0 Å². The highest BCUT2D eigenvalue weighted by Crippen LogP contribution is 2.23. The summed E-state index contributed by atoms with van der Waals surface area (Å²) in [4.78, 5) is 22.8. The number of carbonyl (C=O) groups is 2. The van der Waals surface area contributed by atoms with Crippen molar-refractivity contribution in [2.75, 3.05) is 11.9 Å². The molecular formula is C13H15ClN2O3. The Balaban J connectivity index is 2.06. The number of hydrogen-bond donors (Lipinski definition) is 3. The monoisotopic (exact) mass is 282 g/mol. The van der Waals surface area contributed by atoms with Crippen LogP contribution in [0.1, 0.15) is 29.6 Å². The Hall–Kier alpha value is -1.59. The van der Waals surface area contributed by atoms with Crippen LogP contribution >= 0.6 is 11.6 Å². The predicted molar refractivity (Wildman–Crippen MR) is 72.7 cm³/mol. The van der Waals surface area contributed by atoms with Gasteiger partial charge in [0.15, 0.2) is 0 Å². The maximum absolute atomic E-state index is 12.0. The number of nitrogens with one attached hydrogen (secondary N) is 2. The molecule has 0 radical (unpaired) electrons. The van der Waals surface area contributed by atoms with Gasteiger partial charge in [-0.3, -0.25) is 4.79 Å². The van der Waals surface area contributed by atoms with Gasteiger partial charge in [0.2, 0.25) is 5.91 Å². The predicted octanol–water partition coefficient (Wildman–Crippen LogP) is 2.12. The van der Waals surface area contributed by atoms with E-state index in [4.69, 9.17) is 16.7 Å². The lowest BCUT2D eigenvalue weighted by Gasteiger charge is -2.22. The lowest BCUT2D eigenvalue weighted by molar-refractivity contribution is -0.118. The number of carbonyl (C=O) groups excluding carboxylic acids is 1. The van der Waals surface area contributed by atoms with E-state index < -0.39 is 5.97 Å². The van der Waals surface area contributed by atoms with Gasteiger partial charge < -0.3 is 15.7 Å². The zero-order chi connectivity index (χ0) is 13.8. The Morgan fingerprint density at radius 2 is 2.16 bits per heavy atom. The molecule has 1 aliphatic heterocycles. The number of amides is 1. The van der Waals surface area contributed by atoms with Gasteiger partial charge in [0.25, 0.3) is 0 Å². The Bertz CT molecular complexity index is 499. The Morgan fingerprint density at radius 1 is 1.37 bits per heavy atom. The van der Waals surface area contributed by atoms with Gasteiger partial charge in [0, 0.05) is 0 Å². The maximum Gasteiger partial charge on any atom is 0.335 e. The van der Waals surface area contributed by atoms with Gasteiger partial charge in [0.05, 0.1) is 22.3 Å². The summed E-state index contributed by atoms with van der Waals surface area (Å²) in [6.45, 7) is 0.837. The third-order valence-corrected chi connectivity index (χ3v) is 3.41. The van der Waals surface area contributed by atoms with Crippen molar-refractivity contribution in [1.29, 1.82) is 0 Å². The maximum atomic E-state index is 12.0. The van der Waals surface area contributed by atoms with E-state index in [0.717, 1.165) is 25.8 Å². The van der Waals surface area contributed by atoms with Gasteiger partial charge in [-0.25, -0.2) is 4.79 Å². The summed E-state index contributed by atoms with van der Waals surface area (Å²) in [5.74, 6) is -1.18. The minimum absolute atomic E-state index is 0.0961. The van der Waals surface area contributed by atoms with E-state index in [2.05, 4.69) is 10.6 Å². The van der Waals surface area contributed by atoms with E-state index in [-0.39, 0.29) is 22.5 Å². The summed E-state index contributed by atoms with van der Waals surface area (Å²) < 4.78 is 0. The Kier molecular flexibility index (Phi) is 4.39. The topological polar surface area (TPSA) is 78.4 Å². The fourth-order valence-corrected chi connectivity index (χ4v) is 2.27. The second kappa shape index (κ2) is 6.04. The first-order chi connectivity index (χ1) is 9.08. The first-order valence-electron chi connectivity index (χ1n) is 6.15. The number of aromatic carboxylic acids is 1. The molecule has 1 amide bonds. The van der Waals surface area contributed by atoms with E-state index in [1.807, 2.05) is 0 Å². The average Bonchev–Trinajstić information content (AvgIpc) is 2.41. The number of anilines is 1. The third kappa shape index (κ3) is 3.45. The van der Waals surface area contributed by atoms with E-state index in [9.17, 15) is 9.59 Å². The molecule has 0 saturated carbocycles. The van der Waals surface area contributed by atoms with Crippen molar-refractivity contribution in [1.82, 2.24) is 5.32 Å². The number of halogens is 1. The fraction of sp³-hybridized carbons (Fsp3) is 0.385. The van der Waals surface area contributed by atoms with Crippen molar-refractivity contribution in [3.63, 3.8) is 0 Å². The van der Waals surface area contributed by atoms with Crippen LogP contribution in [0.2, 0.25) is 5.02 Å². The summed E-state index contributed by atoms with van der Waals surface area (Å²) in [6, 6.07) is 4.04. The van der Waals surface area contributed by atoms with Crippen LogP contribution in [0.25, 0.3) is 0 Å². The van der Waals surface area contributed by atoms with Gasteiger partial charge in [0.1, 0.15) is 0 Å². The molecule has 0 aliphatic carbocycles. The van der Waals surface area contributed by atoms with Crippen LogP contribution in [-0.2, 0) is 4.79 Å². The largest absolute Gasteiger partial charge is 0.478 e. The van der Waals surface area contributed by atoms with Gasteiger partial charge in [-0.15, -0.1) is 0 Å². The molecule has 0 bridgehead atoms. The smallest absolute Gasteiger partial charge is 0.335 e. The summed E-state index contributed by atoms with van der Waals surface area (Å²) in [6.07, 6.45) is 2.91. The van der Waals surface area contributed by atoms with Crippen LogP contribution in [-0.4, -0.2) is 29.6 Å². The quantitative estimate of drug-likeness (QED) is 0.793. The highest BCUT2D eigenvalue weighted by Gasteiger charge is 2.21. The average molecular weight is 283 g/mol. The molecule has 1 aromatic carbocycles. The molecule has 1 atom stereocenters. The second-order valence-electron chi connectivity index (χ2n) is 4.49. The molecular weight excluding hydrogens is 268 g/mol. The zero-order valence-electron chi connectivity index (χ0n) is 10.3. The SMILES string of the molecule is O=C(O)c1ccc(NC(=O)[C@H]2CCCCN2)c(Cl)c1. The highest BCUT2D eigenvalue weighted by molar-refractivity contribution is 6.34. The molecule has 0 aromatic heterocycles. The summed E-state index contributed by atoms with van der Waals surface area (Å²) >= 11 is 5.96. The van der Waals surface area contributed by atoms with Crippen molar-refractivity contribution < 1.29 is 14.7 Å². The molecule has 1 heterocycles. The Morgan fingerprint density at radius 3 is 2.74 bits per heavy atom. The van der Waals surface area contributed by atoms with Crippen LogP contribution in [0.5, 0.6) is 0 Å². The van der Waals surface area contributed by atoms with E-state index in [1.54, 1.807) is 0 Å². The third-order valence-electron chi connectivity index (χ3n) is 3.10. The van der Waals surface area contributed by atoms with E-state index in [1.165, 1.54) is 18.2 Å². The number of benzene rings is 1. The minimum atomic E-state index is -1.05. The van der Waals surface area contributed by atoms with Crippen LogP contribution in [0, 0.1) is 0 Å². The number of piperidine rings is 1. The van der Waals surface area contributed by atoms with Crippen molar-refractivity contribution >= 4 is 29.2 Å². The summed E-state index contributed by atoms with van der Waals surface area (Å²) in [7, 11) is 0. The van der Waals surface area contributed by atoms with Gasteiger partial charge in [-0.2, -0.15) is 0 Å². The summed E-state index contributed by atoms with van der Waals surface area (Å²) in [5.41, 5.74) is 0.530. The minimum Gasteiger partial charge on any atom is -0.478 e. The van der Waals surface area contributed by atoms with E-state index in [0.29, 0.717) is 5.69 Å². The number of carboxylic acids is 1. The molecule has 1 fully saturated rings. The van der Waals surface area contributed by atoms with Crippen molar-refractivity contribution in [3.8, 4) is 0 Å². The van der Waals surface area contributed by atoms with Crippen LogP contribution in [0.15, 0.2) is 18.2 Å². The standard InChI is InChI=1S/C13H15ClN2O3/c14-9-7-8(13(18)19)4-5-10(9)16-12(17)11-3-1-2-6-15-11/h4-5,7,11,15H,1-3,6H2,(H,16,17)(H,18,19)/t11-/m1/s1. The highest BCUT2D eigenvalue weighted by atomic mass is 35.5. The lowest BCUT2D eigenvalue weighted by Crippen LogP contribution is -2.43. The van der Waals surface area contributed by atoms with Crippen molar-refractivity contribution in [2.45, 2.75) is 25.3 Å². The van der Waals surface area contributed by atoms with Crippen molar-refractivity contribution in [2.24, 2.45) is 0 Å². The molecule has 0 spiro atoms. The molecule has 0 unspecified atom stereocenters. The second-order valence-corrected chi connectivity index (χ2v) is 4.90. The summed E-state index contributed by atoms with van der Waals surface area (Å²) in [5, 5.41) is 14.9. The molecule has 6 heteroatoms. The molecule has 2 rings (SSSR count). The van der Waals surface area contributed by atoms with Gasteiger partial charge in [-0.05, 0) is 37.6 Å². The zero-order valence-corrected chi connectivity index (χ0v) is 11.0. The molecule has 1 saturated heterocycles. The fourth-order valence-electron chi connectivity index (χ4n) is 2.04. The number of carboxylic acid groups (broad SMARTS) is 1. The first kappa shape index (κ1) is 13.8. The van der Waals surface area contributed by atoms with E-state index >= 15 is 0 Å². The Labute approximate surface area is 116 Å². The molecule has 102 valence electrons. The van der Waals surface area contributed by atoms with Crippen LogP contribution in [0.4, 0.5) is 5.69 Å². The lowest BCUT2D eigenvalue weighted by atomic mass is 10.0. The molecule has 3 N–H and O–H groups in total. The van der Waals surface area contributed by atoms with Crippen LogP contribution < -0.4 is 10.6 Å². The molecule has 1 aromatic rings. The molecule has 5 nitrogen and oxygen atoms in total. The number of rotatable bonds is 3. The normalized spacial score (nSPS) is 18.9. The van der Waals surface area contributed by atoms with Crippen molar-refractivity contribution in [3.05, 3.63) is 28.8 Å². The first-order valence-corrected chi connectivity index (χ1v) is 6.53.